The molecular weight excluding hydrogens is 614 g/mol. The van der Waals surface area contributed by atoms with Crippen molar-refractivity contribution >= 4 is 40.5 Å². The normalized spacial score (nSPS) is 14.7. The van der Waals surface area contributed by atoms with E-state index in [4.69, 9.17) is 4.74 Å². The minimum atomic E-state index is -0.685. The summed E-state index contributed by atoms with van der Waals surface area (Å²) in [6, 6.07) is 20.9. The third-order valence-electron chi connectivity index (χ3n) is 7.24. The van der Waals surface area contributed by atoms with Crippen LogP contribution in [0.2, 0.25) is 0 Å². The van der Waals surface area contributed by atoms with Gasteiger partial charge in [0.25, 0.3) is 0 Å². The zero-order chi connectivity index (χ0) is 34.0. The number of alkyl carbamates (subject to hydrolysis) is 1. The number of hydrogen-bond acceptors (Lipinski definition) is 9. The van der Waals surface area contributed by atoms with Gasteiger partial charge in [-0.05, 0) is 89.1 Å². The highest BCUT2D eigenvalue weighted by Gasteiger charge is 2.28. The van der Waals surface area contributed by atoms with Crippen molar-refractivity contribution in [2.75, 3.05) is 12.4 Å². The number of amides is 3. The molecule has 11 nitrogen and oxygen atoms in total. The minimum absolute atomic E-state index is 0.112. The van der Waals surface area contributed by atoms with Gasteiger partial charge in [0.15, 0.2) is 11.3 Å². The van der Waals surface area contributed by atoms with Crippen molar-refractivity contribution in [3.63, 3.8) is 0 Å². The Bertz CT molecular complexity index is 1560. The number of rotatable bonds is 13. The summed E-state index contributed by atoms with van der Waals surface area (Å²) in [5.41, 5.74) is 1.97. The van der Waals surface area contributed by atoms with Crippen molar-refractivity contribution in [1.82, 2.24) is 25.8 Å². The van der Waals surface area contributed by atoms with E-state index in [2.05, 4.69) is 31.2 Å². The topological polar surface area (TPSA) is 138 Å². The lowest BCUT2D eigenvalue weighted by Gasteiger charge is -2.29. The SMILES string of the molecule is CN1N=C(CCCCc2ccc(NC(=O)Cc3ccccc3)nn2)SC1NC(=O)Cc1cccc(C(C)(C)NC(=O)OC(C)(C)C)c1. The van der Waals surface area contributed by atoms with E-state index in [9.17, 15) is 14.4 Å². The van der Waals surface area contributed by atoms with Gasteiger partial charge in [-0.2, -0.15) is 10.2 Å². The standard InChI is InChI=1S/C35H45N7O4S/c1-34(2,3)46-33(45)38-35(4,5)26-16-12-15-25(21-26)23-30(44)37-32-42(6)41-31(47-32)18-11-10-17-27-19-20-28(40-39-27)36-29(43)22-24-13-8-7-9-14-24/h7-9,12-16,19-21,32H,10-11,17-18,22-23H2,1-6H3,(H,37,44)(H,38,45)(H,36,40,43). The molecule has 0 saturated heterocycles. The average Bonchev–Trinajstić information content (AvgIpc) is 3.33. The summed E-state index contributed by atoms with van der Waals surface area (Å²) in [7, 11) is 1.85. The van der Waals surface area contributed by atoms with Crippen LogP contribution in [0.25, 0.3) is 0 Å². The van der Waals surface area contributed by atoms with Crippen LogP contribution in [0.4, 0.5) is 10.6 Å². The number of hydrazone groups is 1. The number of nitrogens with zero attached hydrogens (tertiary/aromatic N) is 4. The van der Waals surface area contributed by atoms with E-state index in [1.165, 1.54) is 0 Å². The Labute approximate surface area is 281 Å². The molecule has 1 atom stereocenters. The molecule has 47 heavy (non-hydrogen) atoms. The molecule has 0 saturated carbocycles. The molecule has 2 heterocycles. The first-order chi connectivity index (χ1) is 22.3. The lowest BCUT2D eigenvalue weighted by Crippen LogP contribution is -2.44. The number of carbonyl (C=O) groups excluding carboxylic acids is 3. The van der Waals surface area contributed by atoms with Crippen LogP contribution in [0, 0.1) is 0 Å². The van der Waals surface area contributed by atoms with E-state index in [0.29, 0.717) is 5.82 Å². The molecule has 2 aromatic carbocycles. The van der Waals surface area contributed by atoms with Crippen LogP contribution in [0.15, 0.2) is 71.8 Å². The first-order valence-corrected chi connectivity index (χ1v) is 16.7. The molecular formula is C35H45N7O4S. The Balaban J connectivity index is 1.16. The van der Waals surface area contributed by atoms with Gasteiger partial charge >= 0.3 is 6.09 Å². The van der Waals surface area contributed by atoms with Gasteiger partial charge < -0.3 is 20.7 Å². The Morgan fingerprint density at radius 3 is 2.26 bits per heavy atom. The first-order valence-electron chi connectivity index (χ1n) is 15.8. The highest BCUT2D eigenvalue weighted by atomic mass is 32.2. The van der Waals surface area contributed by atoms with E-state index in [1.807, 2.05) is 102 Å². The van der Waals surface area contributed by atoms with Gasteiger partial charge in [-0.3, -0.25) is 14.6 Å². The smallest absolute Gasteiger partial charge is 0.408 e. The van der Waals surface area contributed by atoms with Crippen molar-refractivity contribution in [3.8, 4) is 0 Å². The summed E-state index contributed by atoms with van der Waals surface area (Å²) in [6.07, 6.45) is 3.38. The number of ether oxygens (including phenoxy) is 1. The monoisotopic (exact) mass is 659 g/mol. The van der Waals surface area contributed by atoms with Crippen LogP contribution in [-0.2, 0) is 39.1 Å². The van der Waals surface area contributed by atoms with E-state index >= 15 is 0 Å². The van der Waals surface area contributed by atoms with E-state index in [1.54, 1.807) is 22.8 Å². The number of aromatic nitrogens is 2. The van der Waals surface area contributed by atoms with Gasteiger partial charge in [0.1, 0.15) is 5.60 Å². The van der Waals surface area contributed by atoms with Gasteiger partial charge in [-0.1, -0.05) is 66.4 Å². The van der Waals surface area contributed by atoms with Crippen LogP contribution in [0.5, 0.6) is 0 Å². The molecule has 0 bridgehead atoms. The number of benzene rings is 2. The van der Waals surface area contributed by atoms with Crippen LogP contribution in [0.1, 0.15) is 76.3 Å². The molecule has 1 unspecified atom stereocenters. The second-order valence-electron chi connectivity index (χ2n) is 13.1. The number of thioether (sulfide) groups is 1. The summed E-state index contributed by atoms with van der Waals surface area (Å²) in [5, 5.41) is 24.6. The zero-order valence-electron chi connectivity index (χ0n) is 28.0. The lowest BCUT2D eigenvalue weighted by molar-refractivity contribution is -0.121. The van der Waals surface area contributed by atoms with Gasteiger partial charge in [0.2, 0.25) is 11.8 Å². The fraction of sp³-hybridized carbons (Fsp3) is 0.429. The fourth-order valence-corrected chi connectivity index (χ4v) is 5.96. The van der Waals surface area contributed by atoms with Crippen molar-refractivity contribution in [3.05, 3.63) is 89.1 Å². The van der Waals surface area contributed by atoms with Crippen LogP contribution >= 0.6 is 11.8 Å². The van der Waals surface area contributed by atoms with Crippen molar-refractivity contribution < 1.29 is 19.1 Å². The third kappa shape index (κ3) is 11.7. The Morgan fingerprint density at radius 1 is 0.851 bits per heavy atom. The Hall–Kier alpha value is -4.45. The van der Waals surface area contributed by atoms with Gasteiger partial charge in [0, 0.05) is 7.05 Å². The van der Waals surface area contributed by atoms with Crippen LogP contribution in [0.3, 0.4) is 0 Å². The molecule has 0 fully saturated rings. The summed E-state index contributed by atoms with van der Waals surface area (Å²) in [5.74, 6) is 0.198. The third-order valence-corrected chi connectivity index (χ3v) is 8.44. The molecule has 0 aliphatic carbocycles. The van der Waals surface area contributed by atoms with Gasteiger partial charge in [-0.25, -0.2) is 4.79 Å². The maximum absolute atomic E-state index is 13.0. The highest BCUT2D eigenvalue weighted by Crippen LogP contribution is 2.26. The van der Waals surface area contributed by atoms with Crippen LogP contribution < -0.4 is 16.0 Å². The quantitative estimate of drug-likeness (QED) is 0.197. The molecule has 3 amide bonds. The van der Waals surface area contributed by atoms with Gasteiger partial charge in [-0.15, -0.1) is 5.10 Å². The molecule has 4 rings (SSSR count). The minimum Gasteiger partial charge on any atom is -0.444 e. The first kappa shape index (κ1) is 35.4. The van der Waals surface area contributed by atoms with E-state index in [-0.39, 0.29) is 30.2 Å². The molecule has 1 aliphatic heterocycles. The highest BCUT2D eigenvalue weighted by molar-refractivity contribution is 8.14. The molecule has 250 valence electrons. The molecule has 12 heteroatoms. The summed E-state index contributed by atoms with van der Waals surface area (Å²) < 4.78 is 5.41. The Morgan fingerprint density at radius 2 is 1.55 bits per heavy atom. The maximum Gasteiger partial charge on any atom is 0.408 e. The number of carbonyl (C=O) groups is 3. The fourth-order valence-electron chi connectivity index (χ4n) is 4.87. The molecule has 1 aliphatic rings. The van der Waals surface area contributed by atoms with Gasteiger partial charge in [0.05, 0.1) is 29.1 Å². The molecule has 1 aromatic heterocycles. The second-order valence-corrected chi connectivity index (χ2v) is 14.2. The second kappa shape index (κ2) is 15.9. The van der Waals surface area contributed by atoms with E-state index < -0.39 is 17.2 Å². The number of anilines is 1. The maximum atomic E-state index is 13.0. The number of nitrogens with one attached hydrogen (secondary N) is 3. The number of hydrogen-bond donors (Lipinski definition) is 3. The molecule has 3 N–H and O–H groups in total. The Kier molecular flexibility index (Phi) is 12.0. The average molecular weight is 660 g/mol. The zero-order valence-corrected chi connectivity index (χ0v) is 28.8. The van der Waals surface area contributed by atoms with Crippen molar-refractivity contribution in [1.29, 1.82) is 0 Å². The summed E-state index contributed by atoms with van der Waals surface area (Å²) in [4.78, 5) is 37.6. The molecule has 0 spiro atoms. The lowest BCUT2D eigenvalue weighted by atomic mass is 9.92. The van der Waals surface area contributed by atoms with Crippen LogP contribution in [-0.4, -0.2) is 56.3 Å². The van der Waals surface area contributed by atoms with Crippen molar-refractivity contribution in [2.24, 2.45) is 5.10 Å². The molecule has 3 aromatic rings. The predicted molar refractivity (Wildman–Crippen MR) is 186 cm³/mol. The number of unbranched alkanes of at least 4 members (excludes halogenated alkanes) is 1. The largest absolute Gasteiger partial charge is 0.444 e. The predicted octanol–water partition coefficient (Wildman–Crippen LogP) is 5.77. The summed E-state index contributed by atoms with van der Waals surface area (Å²) in [6.45, 7) is 9.27. The summed E-state index contributed by atoms with van der Waals surface area (Å²) >= 11 is 1.55. The molecule has 0 radical (unpaired) electrons. The van der Waals surface area contributed by atoms with Crippen molar-refractivity contribution in [2.45, 2.75) is 89.8 Å². The van der Waals surface area contributed by atoms with E-state index in [0.717, 1.165) is 53.1 Å². The number of aryl methyl sites for hydroxylation is 1.